The average Bonchev–Trinajstić information content (AvgIpc) is 2.97. The Bertz CT molecular complexity index is 793. The highest BCUT2D eigenvalue weighted by molar-refractivity contribution is 5.83. The lowest BCUT2D eigenvalue weighted by Crippen LogP contribution is -2.37. The molecule has 3 aromatic rings. The number of aromatic nitrogens is 5. The molecule has 120 valence electrons. The molecule has 7 heteroatoms. The zero-order chi connectivity index (χ0) is 16.4. The van der Waals surface area contributed by atoms with Crippen molar-refractivity contribution in [1.29, 1.82) is 0 Å². The molecule has 0 saturated heterocycles. The number of aliphatic hydroxyl groups excluding tert-OH is 1. The van der Waals surface area contributed by atoms with Crippen LogP contribution in [0.4, 0.5) is 5.82 Å². The van der Waals surface area contributed by atoms with Crippen molar-refractivity contribution in [3.63, 3.8) is 0 Å². The Hall–Kier alpha value is -2.54. The van der Waals surface area contributed by atoms with Crippen molar-refractivity contribution in [2.75, 3.05) is 11.9 Å². The van der Waals surface area contributed by atoms with Crippen molar-refractivity contribution in [2.45, 2.75) is 26.8 Å². The van der Waals surface area contributed by atoms with Crippen LogP contribution in [-0.4, -0.2) is 42.7 Å². The van der Waals surface area contributed by atoms with E-state index in [1.807, 2.05) is 30.3 Å². The van der Waals surface area contributed by atoms with Gasteiger partial charge >= 0.3 is 0 Å². The van der Waals surface area contributed by atoms with Crippen molar-refractivity contribution in [2.24, 2.45) is 5.41 Å². The van der Waals surface area contributed by atoms with Gasteiger partial charge in [-0.2, -0.15) is 4.68 Å². The van der Waals surface area contributed by atoms with Crippen molar-refractivity contribution >= 4 is 17.0 Å². The number of hydrogen-bond donors (Lipinski definition) is 2. The molecule has 0 spiro atoms. The van der Waals surface area contributed by atoms with Crippen molar-refractivity contribution in [3.8, 4) is 5.69 Å². The van der Waals surface area contributed by atoms with Crippen LogP contribution >= 0.6 is 0 Å². The zero-order valence-corrected chi connectivity index (χ0v) is 13.4. The molecule has 23 heavy (non-hydrogen) atoms. The third-order valence-corrected chi connectivity index (χ3v) is 3.78. The largest absolute Gasteiger partial charge is 0.394 e. The molecule has 2 N–H and O–H groups in total. The lowest BCUT2D eigenvalue weighted by atomic mass is 9.87. The summed E-state index contributed by atoms with van der Waals surface area (Å²) in [5, 5.41) is 21.3. The smallest absolute Gasteiger partial charge is 0.188 e. The maximum Gasteiger partial charge on any atom is 0.188 e. The molecule has 0 bridgehead atoms. The standard InChI is InChI=1S/C16H20N6O/c1-16(2,3)12(9-23)19-14-13-15(18-10-17-14)22(21-20-13)11-7-5-4-6-8-11/h4-8,10,12,23H,9H2,1-3H3,(H,17,18,19)/t12-/m1/s1. The van der Waals surface area contributed by atoms with Gasteiger partial charge in [-0.15, -0.1) is 5.10 Å². The van der Waals surface area contributed by atoms with Crippen LogP contribution in [0.2, 0.25) is 0 Å². The average molecular weight is 312 g/mol. The van der Waals surface area contributed by atoms with Crippen molar-refractivity contribution < 1.29 is 5.11 Å². The van der Waals surface area contributed by atoms with Crippen LogP contribution in [0, 0.1) is 5.41 Å². The maximum atomic E-state index is 9.63. The molecular formula is C16H20N6O. The third-order valence-electron chi connectivity index (χ3n) is 3.78. The van der Waals surface area contributed by atoms with Gasteiger partial charge in [-0.05, 0) is 17.5 Å². The highest BCUT2D eigenvalue weighted by Gasteiger charge is 2.25. The molecule has 2 heterocycles. The molecule has 0 aliphatic rings. The first-order valence-corrected chi connectivity index (χ1v) is 7.50. The minimum absolute atomic E-state index is 0.00180. The molecule has 0 amide bonds. The van der Waals surface area contributed by atoms with E-state index in [4.69, 9.17) is 0 Å². The van der Waals surface area contributed by atoms with Crippen LogP contribution in [0.1, 0.15) is 20.8 Å². The van der Waals surface area contributed by atoms with Gasteiger partial charge < -0.3 is 10.4 Å². The summed E-state index contributed by atoms with van der Waals surface area (Å²) in [7, 11) is 0. The molecule has 0 unspecified atom stereocenters. The molecule has 2 aromatic heterocycles. The summed E-state index contributed by atoms with van der Waals surface area (Å²) in [6.07, 6.45) is 1.48. The second-order valence-electron chi connectivity index (χ2n) is 6.48. The number of nitrogens with one attached hydrogen (secondary N) is 1. The number of anilines is 1. The van der Waals surface area contributed by atoms with Gasteiger partial charge in [-0.1, -0.05) is 44.2 Å². The molecule has 0 saturated carbocycles. The predicted octanol–water partition coefficient (Wildman–Crippen LogP) is 2.03. The molecule has 0 aliphatic heterocycles. The van der Waals surface area contributed by atoms with E-state index in [1.54, 1.807) is 4.68 Å². The Morgan fingerprint density at radius 1 is 1.17 bits per heavy atom. The van der Waals surface area contributed by atoms with Gasteiger partial charge in [0, 0.05) is 0 Å². The molecule has 1 atom stereocenters. The fourth-order valence-electron chi connectivity index (χ4n) is 2.30. The summed E-state index contributed by atoms with van der Waals surface area (Å²) < 4.78 is 1.67. The van der Waals surface area contributed by atoms with Crippen molar-refractivity contribution in [1.82, 2.24) is 25.0 Å². The van der Waals surface area contributed by atoms with Gasteiger partial charge in [0.15, 0.2) is 17.0 Å². The van der Waals surface area contributed by atoms with Crippen molar-refractivity contribution in [3.05, 3.63) is 36.7 Å². The number of fused-ring (bicyclic) bond motifs is 1. The number of para-hydroxylation sites is 1. The Morgan fingerprint density at radius 2 is 1.91 bits per heavy atom. The topological polar surface area (TPSA) is 88.8 Å². The SMILES string of the molecule is CC(C)(C)[C@@H](CO)Nc1ncnc2c1nnn2-c1ccccc1. The molecule has 0 aliphatic carbocycles. The number of hydrogen-bond acceptors (Lipinski definition) is 6. The number of rotatable bonds is 4. The van der Waals surface area contributed by atoms with Gasteiger partial charge in [0.25, 0.3) is 0 Å². The van der Waals surface area contributed by atoms with E-state index < -0.39 is 0 Å². The maximum absolute atomic E-state index is 9.63. The Kier molecular flexibility index (Phi) is 3.96. The number of nitrogens with zero attached hydrogens (tertiary/aromatic N) is 5. The lowest BCUT2D eigenvalue weighted by Gasteiger charge is -2.30. The quantitative estimate of drug-likeness (QED) is 0.766. The highest BCUT2D eigenvalue weighted by Crippen LogP contribution is 2.25. The van der Waals surface area contributed by atoms with Crippen LogP contribution in [0.5, 0.6) is 0 Å². The minimum Gasteiger partial charge on any atom is -0.394 e. The van der Waals surface area contributed by atoms with E-state index in [2.05, 4.69) is 46.4 Å². The van der Waals surface area contributed by atoms with Crippen LogP contribution in [0.25, 0.3) is 16.9 Å². The van der Waals surface area contributed by atoms with E-state index in [0.717, 1.165) is 5.69 Å². The molecule has 0 radical (unpaired) electrons. The Balaban J connectivity index is 2.02. The normalized spacial score (nSPS) is 13.2. The van der Waals surface area contributed by atoms with Gasteiger partial charge in [0.1, 0.15) is 6.33 Å². The minimum atomic E-state index is -0.150. The van der Waals surface area contributed by atoms with Crippen LogP contribution in [-0.2, 0) is 0 Å². The van der Waals surface area contributed by atoms with E-state index in [-0.39, 0.29) is 18.1 Å². The molecule has 7 nitrogen and oxygen atoms in total. The summed E-state index contributed by atoms with van der Waals surface area (Å²) >= 11 is 0. The first-order valence-electron chi connectivity index (χ1n) is 7.50. The molecule has 1 aromatic carbocycles. The van der Waals surface area contributed by atoms with Crippen LogP contribution in [0.15, 0.2) is 36.7 Å². The van der Waals surface area contributed by atoms with Crippen LogP contribution in [0.3, 0.4) is 0 Å². The third kappa shape index (κ3) is 3.00. The van der Waals surface area contributed by atoms with Gasteiger partial charge in [0.05, 0.1) is 18.3 Å². The van der Waals surface area contributed by atoms with E-state index in [0.29, 0.717) is 17.0 Å². The second kappa shape index (κ2) is 5.92. The van der Waals surface area contributed by atoms with E-state index in [9.17, 15) is 5.11 Å². The van der Waals surface area contributed by atoms with Crippen LogP contribution < -0.4 is 5.32 Å². The van der Waals surface area contributed by atoms with Gasteiger partial charge in [0.2, 0.25) is 0 Å². The summed E-state index contributed by atoms with van der Waals surface area (Å²) in [5.74, 6) is 0.575. The summed E-state index contributed by atoms with van der Waals surface area (Å²) in [6, 6.07) is 9.54. The fraction of sp³-hybridized carbons (Fsp3) is 0.375. The van der Waals surface area contributed by atoms with Gasteiger partial charge in [-0.3, -0.25) is 0 Å². The first kappa shape index (κ1) is 15.4. The molecular weight excluding hydrogens is 292 g/mol. The highest BCUT2D eigenvalue weighted by atomic mass is 16.3. The second-order valence-corrected chi connectivity index (χ2v) is 6.48. The summed E-state index contributed by atoms with van der Waals surface area (Å²) in [4.78, 5) is 8.56. The fourth-order valence-corrected chi connectivity index (χ4v) is 2.30. The monoisotopic (exact) mass is 312 g/mol. The Labute approximate surface area is 134 Å². The molecule has 3 rings (SSSR count). The summed E-state index contributed by atoms with van der Waals surface area (Å²) in [6.45, 7) is 6.17. The number of aliphatic hydroxyl groups is 1. The lowest BCUT2D eigenvalue weighted by molar-refractivity contribution is 0.201. The summed E-state index contributed by atoms with van der Waals surface area (Å²) in [5.41, 5.74) is 1.97. The van der Waals surface area contributed by atoms with E-state index in [1.165, 1.54) is 6.33 Å². The van der Waals surface area contributed by atoms with E-state index >= 15 is 0 Å². The van der Waals surface area contributed by atoms with Gasteiger partial charge in [-0.25, -0.2) is 9.97 Å². The zero-order valence-electron chi connectivity index (χ0n) is 13.4. The Morgan fingerprint density at radius 3 is 2.57 bits per heavy atom. The number of benzene rings is 1. The molecule has 0 fully saturated rings. The first-order chi connectivity index (χ1) is 11.0. The predicted molar refractivity (Wildman–Crippen MR) is 88.4 cm³/mol.